The molecule has 0 aromatic heterocycles. The van der Waals surface area contributed by atoms with Crippen molar-refractivity contribution in [3.63, 3.8) is 0 Å². The molecule has 1 saturated heterocycles. The van der Waals surface area contributed by atoms with E-state index in [0.717, 1.165) is 5.56 Å². The van der Waals surface area contributed by atoms with Gasteiger partial charge in [0.2, 0.25) is 5.91 Å². The molecule has 216 valence electrons. The first-order valence-electron chi connectivity index (χ1n) is 13.7. The largest absolute Gasteiger partial charge is 0.494 e. The van der Waals surface area contributed by atoms with Crippen molar-refractivity contribution in [2.45, 2.75) is 39.7 Å². The lowest BCUT2D eigenvalue weighted by molar-refractivity contribution is -0.124. The van der Waals surface area contributed by atoms with Crippen LogP contribution in [0.5, 0.6) is 17.2 Å². The molecule has 0 saturated carbocycles. The summed E-state index contributed by atoms with van der Waals surface area (Å²) in [7, 11) is 0. The van der Waals surface area contributed by atoms with E-state index in [1.165, 1.54) is 29.2 Å². The Kier molecular flexibility index (Phi) is 10.1. The van der Waals surface area contributed by atoms with Crippen LogP contribution >= 0.6 is 12.2 Å². The van der Waals surface area contributed by atoms with Gasteiger partial charge in [0.1, 0.15) is 17.6 Å². The second-order valence-electron chi connectivity index (χ2n) is 9.25. The van der Waals surface area contributed by atoms with E-state index in [-0.39, 0.29) is 23.3 Å². The van der Waals surface area contributed by atoms with Crippen molar-refractivity contribution in [1.29, 1.82) is 0 Å². The first kappa shape index (κ1) is 29.8. The number of hydrogen-bond acceptors (Lipinski definition) is 6. The Hall–Kier alpha value is -4.18. The molecule has 1 heterocycles. The van der Waals surface area contributed by atoms with Crippen molar-refractivity contribution in [2.24, 2.45) is 0 Å². The summed E-state index contributed by atoms with van der Waals surface area (Å²) in [6.07, 6.45) is 0.422. The zero-order valence-electron chi connectivity index (χ0n) is 23.4. The van der Waals surface area contributed by atoms with Crippen molar-refractivity contribution in [3.05, 3.63) is 78.1 Å². The van der Waals surface area contributed by atoms with E-state index >= 15 is 0 Å². The molecular formula is C31H34FN3O5S. The van der Waals surface area contributed by atoms with Gasteiger partial charge in [0.05, 0.1) is 31.9 Å². The van der Waals surface area contributed by atoms with Crippen molar-refractivity contribution in [2.75, 3.05) is 36.6 Å². The molecular weight excluding hydrogens is 545 g/mol. The Morgan fingerprint density at radius 2 is 1.56 bits per heavy atom. The number of anilines is 2. The summed E-state index contributed by atoms with van der Waals surface area (Å²) in [5.74, 6) is 0.910. The van der Waals surface area contributed by atoms with E-state index in [9.17, 15) is 14.0 Å². The highest BCUT2D eigenvalue weighted by Gasteiger charge is 2.44. The number of amides is 2. The fourth-order valence-corrected chi connectivity index (χ4v) is 5.02. The van der Waals surface area contributed by atoms with Gasteiger partial charge in [-0.3, -0.25) is 14.5 Å². The molecule has 1 aliphatic heterocycles. The lowest BCUT2D eigenvalue weighted by atomic mass is 10.1. The smallest absolute Gasteiger partial charge is 0.256 e. The number of nitrogens with zero attached hydrogens (tertiary/aromatic N) is 2. The van der Waals surface area contributed by atoms with Crippen LogP contribution in [0.25, 0.3) is 0 Å². The van der Waals surface area contributed by atoms with Crippen LogP contribution in [0.1, 0.15) is 32.8 Å². The molecule has 1 N–H and O–H groups in total. The molecule has 1 aliphatic rings. The molecule has 0 spiro atoms. The molecule has 1 fully saturated rings. The highest BCUT2D eigenvalue weighted by Crippen LogP contribution is 2.31. The molecule has 1 unspecified atom stereocenters. The van der Waals surface area contributed by atoms with Crippen LogP contribution in [0, 0.1) is 5.82 Å². The monoisotopic (exact) mass is 579 g/mol. The number of ether oxygens (including phenoxy) is 3. The topological polar surface area (TPSA) is 80.3 Å². The number of halogens is 1. The molecule has 0 aliphatic carbocycles. The highest BCUT2D eigenvalue weighted by molar-refractivity contribution is 7.80. The summed E-state index contributed by atoms with van der Waals surface area (Å²) in [5, 5.41) is 3.12. The maximum Gasteiger partial charge on any atom is 0.256 e. The number of rotatable bonds is 13. The van der Waals surface area contributed by atoms with Crippen molar-refractivity contribution in [1.82, 2.24) is 4.90 Å². The zero-order chi connectivity index (χ0) is 29.4. The van der Waals surface area contributed by atoms with Crippen LogP contribution in [-0.2, 0) is 16.0 Å². The predicted octanol–water partition coefficient (Wildman–Crippen LogP) is 5.60. The summed E-state index contributed by atoms with van der Waals surface area (Å²) in [6.45, 7) is 7.64. The van der Waals surface area contributed by atoms with Gasteiger partial charge in [0.15, 0.2) is 16.6 Å². The maximum absolute atomic E-state index is 13.7. The predicted molar refractivity (Wildman–Crippen MR) is 160 cm³/mol. The minimum absolute atomic E-state index is 0.114. The van der Waals surface area contributed by atoms with Gasteiger partial charge in [-0.25, -0.2) is 4.39 Å². The second-order valence-corrected chi connectivity index (χ2v) is 9.61. The number of benzene rings is 3. The van der Waals surface area contributed by atoms with Gasteiger partial charge in [-0.05, 0) is 106 Å². The minimum atomic E-state index is -0.829. The first-order valence-corrected chi connectivity index (χ1v) is 14.1. The number of thiocarbonyl (C=S) groups is 1. The zero-order valence-corrected chi connectivity index (χ0v) is 24.2. The third kappa shape index (κ3) is 7.32. The third-order valence-electron chi connectivity index (χ3n) is 6.48. The molecule has 41 heavy (non-hydrogen) atoms. The quantitative estimate of drug-likeness (QED) is 0.264. The SMILES string of the molecule is CCOc1ccc(NC(=O)CC2C(=O)N(c3ccc(F)cc3)C(=S)N2CCc2ccc(OCC)c(OCC)c2)cc1. The standard InChI is InChI=1S/C31H34FN3O5S/c1-4-38-25-14-10-23(11-15-25)33-29(36)20-26-30(37)35(24-12-8-22(32)9-13-24)31(41)34(26)18-17-21-7-16-27(39-5-2)28(19-21)40-6-3/h7-16,19,26H,4-6,17-18,20H2,1-3H3,(H,33,36). The van der Waals surface area contributed by atoms with Crippen LogP contribution in [-0.4, -0.2) is 54.2 Å². The van der Waals surface area contributed by atoms with Gasteiger partial charge in [-0.1, -0.05) is 6.07 Å². The molecule has 3 aromatic rings. The molecule has 0 radical (unpaired) electrons. The van der Waals surface area contributed by atoms with Crippen LogP contribution in [0.4, 0.5) is 15.8 Å². The molecule has 8 nitrogen and oxygen atoms in total. The molecule has 3 aromatic carbocycles. The van der Waals surface area contributed by atoms with E-state index in [0.29, 0.717) is 61.4 Å². The van der Waals surface area contributed by atoms with E-state index in [2.05, 4.69) is 5.32 Å². The molecule has 10 heteroatoms. The fraction of sp³-hybridized carbons (Fsp3) is 0.323. The van der Waals surface area contributed by atoms with E-state index in [1.807, 2.05) is 39.0 Å². The highest BCUT2D eigenvalue weighted by atomic mass is 32.1. The summed E-state index contributed by atoms with van der Waals surface area (Å²) >= 11 is 5.74. The maximum atomic E-state index is 13.7. The summed E-state index contributed by atoms with van der Waals surface area (Å²) in [5.41, 5.74) is 2.00. The van der Waals surface area contributed by atoms with Crippen LogP contribution < -0.4 is 24.4 Å². The fourth-order valence-electron chi connectivity index (χ4n) is 4.60. The lowest BCUT2D eigenvalue weighted by Crippen LogP contribution is -2.39. The summed E-state index contributed by atoms with van der Waals surface area (Å²) < 4.78 is 30.5. The Balaban J connectivity index is 1.54. The van der Waals surface area contributed by atoms with Crippen molar-refractivity contribution < 1.29 is 28.2 Å². The van der Waals surface area contributed by atoms with Gasteiger partial charge < -0.3 is 24.4 Å². The van der Waals surface area contributed by atoms with E-state index in [4.69, 9.17) is 26.4 Å². The van der Waals surface area contributed by atoms with Gasteiger partial charge in [0, 0.05) is 12.2 Å². The van der Waals surface area contributed by atoms with Crippen LogP contribution in [0.2, 0.25) is 0 Å². The van der Waals surface area contributed by atoms with Gasteiger partial charge in [0.25, 0.3) is 5.91 Å². The van der Waals surface area contributed by atoms with E-state index in [1.54, 1.807) is 29.2 Å². The van der Waals surface area contributed by atoms with Gasteiger partial charge in [-0.15, -0.1) is 0 Å². The average molecular weight is 580 g/mol. The summed E-state index contributed by atoms with van der Waals surface area (Å²) in [4.78, 5) is 29.9. The molecule has 0 bridgehead atoms. The third-order valence-corrected chi connectivity index (χ3v) is 6.90. The average Bonchev–Trinajstić information content (AvgIpc) is 3.18. The number of carbonyl (C=O) groups excluding carboxylic acids is 2. The van der Waals surface area contributed by atoms with Gasteiger partial charge >= 0.3 is 0 Å². The molecule has 4 rings (SSSR count). The van der Waals surface area contributed by atoms with Crippen LogP contribution in [0.15, 0.2) is 66.7 Å². The van der Waals surface area contributed by atoms with Crippen molar-refractivity contribution in [3.8, 4) is 17.2 Å². The van der Waals surface area contributed by atoms with Crippen LogP contribution in [0.3, 0.4) is 0 Å². The number of carbonyl (C=O) groups is 2. The van der Waals surface area contributed by atoms with E-state index < -0.39 is 11.9 Å². The van der Waals surface area contributed by atoms with Gasteiger partial charge in [-0.2, -0.15) is 0 Å². The molecule has 1 atom stereocenters. The second kappa shape index (κ2) is 13.9. The normalized spacial score (nSPS) is 14.8. The van der Waals surface area contributed by atoms with Crippen molar-refractivity contribution >= 4 is 40.5 Å². The lowest BCUT2D eigenvalue weighted by Gasteiger charge is -2.24. The number of hydrogen-bond donors (Lipinski definition) is 1. The Morgan fingerprint density at radius 1 is 0.902 bits per heavy atom. The Morgan fingerprint density at radius 3 is 2.22 bits per heavy atom. The molecule has 2 amide bonds. The first-order chi connectivity index (χ1) is 19.8. The summed E-state index contributed by atoms with van der Waals surface area (Å²) in [6, 6.07) is 17.5. The Labute approximate surface area is 245 Å². The minimum Gasteiger partial charge on any atom is -0.494 e. The Bertz CT molecular complexity index is 1370. The number of nitrogens with one attached hydrogen (secondary N) is 1.